The van der Waals surface area contributed by atoms with E-state index in [1.807, 2.05) is 7.05 Å². The quantitative estimate of drug-likeness (QED) is 0.880. The molecule has 2 heterocycles. The predicted octanol–water partition coefficient (Wildman–Crippen LogP) is 1.93. The molecule has 0 spiro atoms. The number of benzene rings is 1. The summed E-state index contributed by atoms with van der Waals surface area (Å²) in [6.45, 7) is 2.92. The van der Waals surface area contributed by atoms with Gasteiger partial charge >= 0.3 is 0 Å². The Labute approximate surface area is 157 Å². The van der Waals surface area contributed by atoms with Crippen molar-refractivity contribution >= 4 is 18.3 Å². The lowest BCUT2D eigenvalue weighted by molar-refractivity contribution is 0.0727. The standard InChI is InChI=1S/C18H21FN4O2.ClH/c1-12-10-16(24)17(18(25)22-9-5-6-13(22)11-20-2)21-23(12)15-8-4-3-7-14(15)19;/h3-4,7-8,10,13,20H,5-6,9,11H2,1-2H3;1H. The van der Waals surface area contributed by atoms with Gasteiger partial charge in [0, 0.05) is 30.9 Å². The number of aryl methyl sites for hydroxylation is 1. The number of nitrogens with one attached hydrogen (secondary N) is 1. The van der Waals surface area contributed by atoms with Crippen molar-refractivity contribution in [3.8, 4) is 5.69 Å². The molecule has 1 aliphatic heterocycles. The number of halogens is 2. The van der Waals surface area contributed by atoms with Gasteiger partial charge in [-0.2, -0.15) is 5.10 Å². The summed E-state index contributed by atoms with van der Waals surface area (Å²) in [5.41, 5.74) is 0.0733. The van der Waals surface area contributed by atoms with Crippen molar-refractivity contribution < 1.29 is 9.18 Å². The summed E-state index contributed by atoms with van der Waals surface area (Å²) in [6.07, 6.45) is 1.78. The van der Waals surface area contributed by atoms with Crippen molar-refractivity contribution in [1.29, 1.82) is 0 Å². The van der Waals surface area contributed by atoms with Crippen LogP contribution in [0.5, 0.6) is 0 Å². The number of carbonyl (C=O) groups is 1. The molecule has 1 N–H and O–H groups in total. The number of hydrogen-bond acceptors (Lipinski definition) is 4. The second kappa shape index (κ2) is 8.42. The van der Waals surface area contributed by atoms with Gasteiger partial charge in [0.1, 0.15) is 11.5 Å². The van der Waals surface area contributed by atoms with Crippen LogP contribution in [0.25, 0.3) is 5.69 Å². The van der Waals surface area contributed by atoms with Crippen LogP contribution < -0.4 is 10.7 Å². The average molecular weight is 381 g/mol. The molecule has 0 saturated carbocycles. The molecule has 1 saturated heterocycles. The first-order chi connectivity index (χ1) is 12.0. The Bertz CT molecular complexity index is 855. The van der Waals surface area contributed by atoms with E-state index in [1.54, 1.807) is 30.0 Å². The van der Waals surface area contributed by atoms with E-state index >= 15 is 0 Å². The molecule has 0 bridgehead atoms. The second-order valence-electron chi connectivity index (χ2n) is 6.21. The van der Waals surface area contributed by atoms with E-state index in [4.69, 9.17) is 0 Å². The predicted molar refractivity (Wildman–Crippen MR) is 99.8 cm³/mol. The lowest BCUT2D eigenvalue weighted by Gasteiger charge is -2.24. The summed E-state index contributed by atoms with van der Waals surface area (Å²) in [6, 6.07) is 7.52. The maximum absolute atomic E-state index is 14.1. The second-order valence-corrected chi connectivity index (χ2v) is 6.21. The van der Waals surface area contributed by atoms with Crippen molar-refractivity contribution in [2.24, 2.45) is 0 Å². The molecule has 1 aliphatic rings. The summed E-state index contributed by atoms with van der Waals surface area (Å²) in [7, 11) is 1.83. The van der Waals surface area contributed by atoms with Gasteiger partial charge in [0.15, 0.2) is 5.69 Å². The summed E-state index contributed by atoms with van der Waals surface area (Å²) in [5.74, 6) is -0.859. The molecule has 1 fully saturated rings. The first-order valence-electron chi connectivity index (χ1n) is 8.34. The number of nitrogens with zero attached hydrogens (tertiary/aromatic N) is 3. The lowest BCUT2D eigenvalue weighted by Crippen LogP contribution is -2.43. The molecule has 8 heteroatoms. The minimum absolute atomic E-state index is 0. The summed E-state index contributed by atoms with van der Waals surface area (Å²) in [5, 5.41) is 7.26. The van der Waals surface area contributed by atoms with Crippen LogP contribution in [0.4, 0.5) is 4.39 Å². The molecule has 3 rings (SSSR count). The van der Waals surface area contributed by atoms with Gasteiger partial charge in [-0.25, -0.2) is 9.07 Å². The number of para-hydroxylation sites is 1. The molecule has 0 radical (unpaired) electrons. The van der Waals surface area contributed by atoms with Gasteiger partial charge in [-0.05, 0) is 38.9 Å². The van der Waals surface area contributed by atoms with Gasteiger partial charge in [0.2, 0.25) is 5.43 Å². The maximum Gasteiger partial charge on any atom is 0.278 e. The van der Waals surface area contributed by atoms with Crippen LogP contribution in [0.2, 0.25) is 0 Å². The summed E-state index contributed by atoms with van der Waals surface area (Å²) < 4.78 is 15.4. The topological polar surface area (TPSA) is 67.2 Å². The van der Waals surface area contributed by atoms with Gasteiger partial charge in [-0.3, -0.25) is 9.59 Å². The number of likely N-dealkylation sites (N-methyl/N-ethyl adjacent to an activating group) is 1. The zero-order valence-electron chi connectivity index (χ0n) is 14.7. The van der Waals surface area contributed by atoms with Crippen LogP contribution in [0.3, 0.4) is 0 Å². The highest BCUT2D eigenvalue weighted by molar-refractivity contribution is 5.92. The lowest BCUT2D eigenvalue weighted by atomic mass is 10.2. The van der Waals surface area contributed by atoms with Crippen molar-refractivity contribution in [1.82, 2.24) is 20.0 Å². The summed E-state index contributed by atoms with van der Waals surface area (Å²) in [4.78, 5) is 26.9. The van der Waals surface area contributed by atoms with Gasteiger partial charge in [0.25, 0.3) is 5.91 Å². The molecule has 1 amide bonds. The SMILES string of the molecule is CNCC1CCCN1C(=O)c1nn(-c2ccccc2F)c(C)cc1=O.Cl. The van der Waals surface area contributed by atoms with E-state index in [0.717, 1.165) is 12.8 Å². The number of amides is 1. The highest BCUT2D eigenvalue weighted by Gasteiger charge is 2.31. The molecule has 1 atom stereocenters. The molecule has 6 nitrogen and oxygen atoms in total. The fraction of sp³-hybridized carbons (Fsp3) is 0.389. The third-order valence-electron chi connectivity index (χ3n) is 4.47. The van der Waals surface area contributed by atoms with Crippen LogP contribution in [0.15, 0.2) is 35.1 Å². The largest absolute Gasteiger partial charge is 0.333 e. The Morgan fingerprint density at radius 1 is 1.38 bits per heavy atom. The van der Waals surface area contributed by atoms with Crippen LogP contribution >= 0.6 is 12.4 Å². The smallest absolute Gasteiger partial charge is 0.278 e. The fourth-order valence-electron chi connectivity index (χ4n) is 3.25. The maximum atomic E-state index is 14.1. The third-order valence-corrected chi connectivity index (χ3v) is 4.47. The number of rotatable bonds is 4. The van der Waals surface area contributed by atoms with Crippen molar-refractivity contribution in [3.05, 3.63) is 57.8 Å². The molecule has 2 aromatic rings. The van der Waals surface area contributed by atoms with Gasteiger partial charge in [0.05, 0.1) is 0 Å². The Balaban J connectivity index is 0.00000243. The Kier molecular flexibility index (Phi) is 6.50. The minimum atomic E-state index is -0.464. The Morgan fingerprint density at radius 2 is 2.12 bits per heavy atom. The normalized spacial score (nSPS) is 16.4. The number of hydrogen-bond donors (Lipinski definition) is 1. The van der Waals surface area contributed by atoms with E-state index in [0.29, 0.717) is 18.8 Å². The van der Waals surface area contributed by atoms with Gasteiger partial charge in [-0.15, -0.1) is 12.4 Å². The fourth-order valence-corrected chi connectivity index (χ4v) is 3.25. The third kappa shape index (κ3) is 3.78. The van der Waals surface area contributed by atoms with Crippen LogP contribution in [-0.2, 0) is 0 Å². The molecule has 1 aromatic heterocycles. The highest BCUT2D eigenvalue weighted by Crippen LogP contribution is 2.19. The average Bonchev–Trinajstić information content (AvgIpc) is 3.04. The van der Waals surface area contributed by atoms with E-state index in [2.05, 4.69) is 10.4 Å². The number of aromatic nitrogens is 2. The molecule has 1 unspecified atom stereocenters. The Hall–Kier alpha value is -2.25. The van der Waals surface area contributed by atoms with Crippen LogP contribution in [0, 0.1) is 12.7 Å². The van der Waals surface area contributed by atoms with E-state index in [1.165, 1.54) is 16.8 Å². The van der Waals surface area contributed by atoms with Crippen LogP contribution in [-0.4, -0.2) is 46.8 Å². The highest BCUT2D eigenvalue weighted by atomic mass is 35.5. The molecule has 1 aromatic carbocycles. The molecule has 0 aliphatic carbocycles. The Morgan fingerprint density at radius 3 is 2.81 bits per heavy atom. The molecular formula is C18H22ClFN4O2. The van der Waals surface area contributed by atoms with Crippen molar-refractivity contribution in [2.45, 2.75) is 25.8 Å². The van der Waals surface area contributed by atoms with E-state index in [-0.39, 0.29) is 29.8 Å². The minimum Gasteiger partial charge on any atom is -0.333 e. The van der Waals surface area contributed by atoms with E-state index in [9.17, 15) is 14.0 Å². The molecule has 140 valence electrons. The van der Waals surface area contributed by atoms with E-state index < -0.39 is 17.2 Å². The monoisotopic (exact) mass is 380 g/mol. The first-order valence-corrected chi connectivity index (χ1v) is 8.34. The summed E-state index contributed by atoms with van der Waals surface area (Å²) >= 11 is 0. The molecular weight excluding hydrogens is 359 g/mol. The number of carbonyl (C=O) groups excluding carboxylic acids is 1. The van der Waals surface area contributed by atoms with Crippen LogP contribution in [0.1, 0.15) is 29.0 Å². The molecule has 26 heavy (non-hydrogen) atoms. The van der Waals surface area contributed by atoms with Gasteiger partial charge in [-0.1, -0.05) is 12.1 Å². The van der Waals surface area contributed by atoms with Gasteiger partial charge < -0.3 is 10.2 Å². The zero-order chi connectivity index (χ0) is 18.0. The first kappa shape index (κ1) is 20.1. The number of likely N-dealkylation sites (tertiary alicyclic amines) is 1. The van der Waals surface area contributed by atoms with Crippen molar-refractivity contribution in [2.75, 3.05) is 20.1 Å². The zero-order valence-corrected chi connectivity index (χ0v) is 15.6. The van der Waals surface area contributed by atoms with Crippen molar-refractivity contribution in [3.63, 3.8) is 0 Å².